The van der Waals surface area contributed by atoms with Gasteiger partial charge < -0.3 is 20.0 Å². The van der Waals surface area contributed by atoms with Crippen molar-refractivity contribution in [1.29, 1.82) is 0 Å². The lowest BCUT2D eigenvalue weighted by atomic mass is 10.2. The SMILES string of the molecule is CCN(CC)CCN(C)C(=O)NC1CCN(C(=O)c2ccc(C)nc2)C1. The van der Waals surface area contributed by atoms with E-state index in [1.165, 1.54) is 0 Å². The zero-order valence-electron chi connectivity index (χ0n) is 16.4. The number of hydrogen-bond donors (Lipinski definition) is 1. The van der Waals surface area contributed by atoms with E-state index < -0.39 is 0 Å². The Balaban J connectivity index is 1.80. The monoisotopic (exact) mass is 361 g/mol. The van der Waals surface area contributed by atoms with Crippen LogP contribution in [0, 0.1) is 6.92 Å². The third-order valence-corrected chi connectivity index (χ3v) is 4.95. The minimum absolute atomic E-state index is 0.000705. The molecule has 0 radical (unpaired) electrons. The van der Waals surface area contributed by atoms with Gasteiger partial charge in [0.25, 0.3) is 5.91 Å². The minimum Gasteiger partial charge on any atom is -0.336 e. The molecular weight excluding hydrogens is 330 g/mol. The molecule has 7 heteroatoms. The lowest BCUT2D eigenvalue weighted by molar-refractivity contribution is 0.0788. The Kier molecular flexibility index (Phi) is 7.38. The Bertz CT molecular complexity index is 600. The highest BCUT2D eigenvalue weighted by Crippen LogP contribution is 2.14. The van der Waals surface area contributed by atoms with Crippen molar-refractivity contribution in [3.8, 4) is 0 Å². The Morgan fingerprint density at radius 3 is 2.62 bits per heavy atom. The smallest absolute Gasteiger partial charge is 0.317 e. The first kappa shape index (κ1) is 20.2. The summed E-state index contributed by atoms with van der Waals surface area (Å²) in [6.07, 6.45) is 2.39. The number of pyridine rings is 1. The number of hydrogen-bond acceptors (Lipinski definition) is 4. The van der Waals surface area contributed by atoms with Crippen molar-refractivity contribution in [3.05, 3.63) is 29.6 Å². The quantitative estimate of drug-likeness (QED) is 0.801. The normalized spacial score (nSPS) is 16.8. The summed E-state index contributed by atoms with van der Waals surface area (Å²) in [7, 11) is 1.81. The second kappa shape index (κ2) is 9.52. The molecule has 1 aromatic rings. The topological polar surface area (TPSA) is 68.8 Å². The van der Waals surface area contributed by atoms with Gasteiger partial charge in [-0.1, -0.05) is 13.8 Å². The van der Waals surface area contributed by atoms with Crippen molar-refractivity contribution in [2.75, 3.05) is 46.3 Å². The first-order valence-electron chi connectivity index (χ1n) is 9.40. The van der Waals surface area contributed by atoms with Crippen molar-refractivity contribution in [2.45, 2.75) is 33.2 Å². The molecule has 26 heavy (non-hydrogen) atoms. The lowest BCUT2D eigenvalue weighted by Crippen LogP contribution is -2.46. The maximum Gasteiger partial charge on any atom is 0.317 e. The van der Waals surface area contributed by atoms with Gasteiger partial charge in [0, 0.05) is 51.2 Å². The number of amides is 3. The molecule has 0 bridgehead atoms. The van der Waals surface area contributed by atoms with Gasteiger partial charge in [0.2, 0.25) is 0 Å². The van der Waals surface area contributed by atoms with Gasteiger partial charge in [-0.25, -0.2) is 4.79 Å². The summed E-state index contributed by atoms with van der Waals surface area (Å²) in [5.41, 5.74) is 1.49. The van der Waals surface area contributed by atoms with Gasteiger partial charge in [0.05, 0.1) is 5.56 Å². The van der Waals surface area contributed by atoms with Gasteiger partial charge in [-0.3, -0.25) is 9.78 Å². The van der Waals surface area contributed by atoms with E-state index in [0.717, 1.165) is 31.7 Å². The molecule has 1 aromatic heterocycles. The summed E-state index contributed by atoms with van der Waals surface area (Å²) in [4.78, 5) is 34.8. The predicted molar refractivity (Wildman–Crippen MR) is 102 cm³/mol. The number of urea groups is 1. The average Bonchev–Trinajstić information content (AvgIpc) is 3.10. The molecule has 144 valence electrons. The van der Waals surface area contributed by atoms with Gasteiger partial charge in [0.1, 0.15) is 0 Å². The molecule has 2 rings (SSSR count). The van der Waals surface area contributed by atoms with Crippen LogP contribution < -0.4 is 5.32 Å². The highest BCUT2D eigenvalue weighted by Gasteiger charge is 2.28. The van der Waals surface area contributed by atoms with Crippen LogP contribution in [-0.2, 0) is 0 Å². The van der Waals surface area contributed by atoms with E-state index in [-0.39, 0.29) is 18.0 Å². The average molecular weight is 361 g/mol. The summed E-state index contributed by atoms with van der Waals surface area (Å²) in [5.74, 6) is -0.0239. The number of nitrogens with one attached hydrogen (secondary N) is 1. The number of rotatable bonds is 7. The predicted octanol–water partition coefficient (Wildman–Crippen LogP) is 1.59. The highest BCUT2D eigenvalue weighted by atomic mass is 16.2. The molecule has 1 fully saturated rings. The number of carbonyl (C=O) groups is 2. The molecule has 1 unspecified atom stereocenters. The summed E-state index contributed by atoms with van der Waals surface area (Å²) >= 11 is 0. The maximum atomic E-state index is 12.5. The second-order valence-corrected chi connectivity index (χ2v) is 6.82. The van der Waals surface area contributed by atoms with Gasteiger partial charge in [-0.15, -0.1) is 0 Å². The Labute approximate surface area is 156 Å². The summed E-state index contributed by atoms with van der Waals surface area (Å²) in [5, 5.41) is 3.04. The van der Waals surface area contributed by atoms with E-state index in [1.54, 1.807) is 22.1 Å². The number of likely N-dealkylation sites (tertiary alicyclic amines) is 1. The van der Waals surface area contributed by atoms with Crippen LogP contribution in [0.1, 0.15) is 36.3 Å². The van der Waals surface area contributed by atoms with E-state index in [2.05, 4.69) is 29.0 Å². The van der Waals surface area contributed by atoms with Crippen LogP contribution in [0.4, 0.5) is 4.79 Å². The molecule has 1 aliphatic heterocycles. The van der Waals surface area contributed by atoms with Crippen LogP contribution >= 0.6 is 0 Å². The van der Waals surface area contributed by atoms with Gasteiger partial charge in [-0.2, -0.15) is 0 Å². The van der Waals surface area contributed by atoms with Crippen LogP contribution in [-0.4, -0.2) is 84.0 Å². The van der Waals surface area contributed by atoms with Crippen LogP contribution in [0.25, 0.3) is 0 Å². The van der Waals surface area contributed by atoms with Crippen LogP contribution in [0.3, 0.4) is 0 Å². The van der Waals surface area contributed by atoms with Crippen LogP contribution in [0.2, 0.25) is 0 Å². The third kappa shape index (κ3) is 5.42. The first-order valence-corrected chi connectivity index (χ1v) is 9.40. The zero-order chi connectivity index (χ0) is 19.1. The zero-order valence-corrected chi connectivity index (χ0v) is 16.4. The lowest BCUT2D eigenvalue weighted by Gasteiger charge is -2.25. The molecule has 7 nitrogen and oxygen atoms in total. The molecule has 0 spiro atoms. The Morgan fingerprint density at radius 2 is 2.00 bits per heavy atom. The van der Waals surface area contributed by atoms with Gasteiger partial charge in [-0.05, 0) is 38.6 Å². The van der Waals surface area contributed by atoms with Gasteiger partial charge >= 0.3 is 6.03 Å². The molecule has 1 atom stereocenters. The van der Waals surface area contributed by atoms with Crippen molar-refractivity contribution in [1.82, 2.24) is 25.0 Å². The summed E-state index contributed by atoms with van der Waals surface area (Å²) in [6.45, 7) is 10.9. The fourth-order valence-corrected chi connectivity index (χ4v) is 3.06. The van der Waals surface area contributed by atoms with Crippen molar-refractivity contribution < 1.29 is 9.59 Å². The molecule has 1 N–H and O–H groups in total. The molecule has 1 aliphatic rings. The molecule has 3 amide bonds. The standard InChI is InChI=1S/C19H31N5O2/c1-5-23(6-2)12-11-22(4)19(26)21-17-9-10-24(14-17)18(25)16-8-7-15(3)20-13-16/h7-8,13,17H,5-6,9-12,14H2,1-4H3,(H,21,26). The highest BCUT2D eigenvalue weighted by molar-refractivity contribution is 5.94. The van der Waals surface area contributed by atoms with E-state index in [4.69, 9.17) is 0 Å². The number of carbonyl (C=O) groups excluding carboxylic acids is 2. The molecule has 0 aromatic carbocycles. The van der Waals surface area contributed by atoms with Crippen LogP contribution in [0.15, 0.2) is 18.3 Å². The maximum absolute atomic E-state index is 12.5. The summed E-state index contributed by atoms with van der Waals surface area (Å²) in [6, 6.07) is 3.57. The van der Waals surface area contributed by atoms with E-state index in [1.807, 2.05) is 20.0 Å². The van der Waals surface area contributed by atoms with Gasteiger partial charge in [0.15, 0.2) is 0 Å². The first-order chi connectivity index (χ1) is 12.4. The van der Waals surface area contributed by atoms with E-state index in [9.17, 15) is 9.59 Å². The third-order valence-electron chi connectivity index (χ3n) is 4.95. The van der Waals surface area contributed by atoms with Crippen LogP contribution in [0.5, 0.6) is 0 Å². The Hall–Kier alpha value is -2.15. The number of likely N-dealkylation sites (N-methyl/N-ethyl adjacent to an activating group) is 2. The number of nitrogens with zero attached hydrogens (tertiary/aromatic N) is 4. The fourth-order valence-electron chi connectivity index (χ4n) is 3.06. The largest absolute Gasteiger partial charge is 0.336 e. The molecule has 0 saturated carbocycles. The number of aryl methyl sites for hydroxylation is 1. The van der Waals surface area contributed by atoms with E-state index >= 15 is 0 Å². The van der Waals surface area contributed by atoms with Crippen molar-refractivity contribution in [2.24, 2.45) is 0 Å². The minimum atomic E-state index is -0.0755. The van der Waals surface area contributed by atoms with Crippen molar-refractivity contribution in [3.63, 3.8) is 0 Å². The fraction of sp³-hybridized carbons (Fsp3) is 0.632. The molecule has 1 saturated heterocycles. The molecular formula is C19H31N5O2. The van der Waals surface area contributed by atoms with Crippen molar-refractivity contribution >= 4 is 11.9 Å². The second-order valence-electron chi connectivity index (χ2n) is 6.82. The number of aromatic nitrogens is 1. The summed E-state index contributed by atoms with van der Waals surface area (Å²) < 4.78 is 0. The Morgan fingerprint density at radius 1 is 1.27 bits per heavy atom. The molecule has 2 heterocycles. The molecule has 0 aliphatic carbocycles. The van der Waals surface area contributed by atoms with E-state index in [0.29, 0.717) is 25.2 Å².